The Bertz CT molecular complexity index is 1360. The molecular weight excluding hydrogens is 455 g/mol. The van der Waals surface area contributed by atoms with Gasteiger partial charge < -0.3 is 25.8 Å². The number of halogens is 1. The zero-order chi connectivity index (χ0) is 24.9. The molecule has 3 aromatic rings. The summed E-state index contributed by atoms with van der Waals surface area (Å²) in [7, 11) is 0. The number of amides is 2. The quantitative estimate of drug-likeness (QED) is 0.485. The van der Waals surface area contributed by atoms with Gasteiger partial charge in [0.1, 0.15) is 18.1 Å². The van der Waals surface area contributed by atoms with Gasteiger partial charge in [0, 0.05) is 55.0 Å². The number of nitrogen functional groups attached to an aromatic ring is 1. The van der Waals surface area contributed by atoms with Gasteiger partial charge in [-0.3, -0.25) is 9.69 Å². The van der Waals surface area contributed by atoms with Gasteiger partial charge in [0.05, 0.1) is 11.7 Å². The summed E-state index contributed by atoms with van der Waals surface area (Å²) in [6.07, 6.45) is 1.76. The number of nitrogens with two attached hydrogens (primary N) is 1. The maximum Gasteiger partial charge on any atom is 0.413 e. The summed E-state index contributed by atoms with van der Waals surface area (Å²) in [6, 6.07) is 2.61. The number of carboxylic acid groups (broad SMARTS) is 1. The van der Waals surface area contributed by atoms with E-state index in [0.29, 0.717) is 47.6 Å². The molecule has 2 aliphatic rings. The number of rotatable bonds is 4. The lowest BCUT2D eigenvalue weighted by Crippen LogP contribution is -2.41. The van der Waals surface area contributed by atoms with E-state index in [4.69, 9.17) is 10.5 Å². The summed E-state index contributed by atoms with van der Waals surface area (Å²) in [6.45, 7) is 5.58. The predicted molar refractivity (Wildman–Crippen MR) is 129 cm³/mol. The number of hydrogen-bond acceptors (Lipinski definition) is 7. The molecule has 182 valence electrons. The molecule has 11 heteroatoms. The molecule has 2 amide bonds. The van der Waals surface area contributed by atoms with Gasteiger partial charge in [0.25, 0.3) is 0 Å². The number of pyridine rings is 2. The first-order valence-corrected chi connectivity index (χ1v) is 11.3. The molecular formula is C24H25FN6O4. The minimum absolute atomic E-state index is 0.0751. The van der Waals surface area contributed by atoms with Crippen LogP contribution in [0, 0.1) is 12.7 Å². The third-order valence-electron chi connectivity index (χ3n) is 6.61. The van der Waals surface area contributed by atoms with Gasteiger partial charge in [-0.2, -0.15) is 0 Å². The number of anilines is 3. The van der Waals surface area contributed by atoms with E-state index in [0.717, 1.165) is 10.5 Å². The Balaban J connectivity index is 1.61. The van der Waals surface area contributed by atoms with E-state index >= 15 is 4.39 Å². The summed E-state index contributed by atoms with van der Waals surface area (Å²) >= 11 is 0. The highest BCUT2D eigenvalue weighted by Crippen LogP contribution is 2.40. The van der Waals surface area contributed by atoms with Gasteiger partial charge in [-0.25, -0.2) is 19.2 Å². The SMILES string of the molecule is CCN1CC(N(C(=O)O)c2cc3cc(-c4cnc5c(c4C)NCCO5)c(F)c(N)c3cn2)CC1=O. The zero-order valence-electron chi connectivity index (χ0n) is 19.3. The van der Waals surface area contributed by atoms with E-state index in [1.54, 1.807) is 23.2 Å². The van der Waals surface area contributed by atoms with Crippen LogP contribution in [0.25, 0.3) is 21.9 Å². The van der Waals surface area contributed by atoms with Gasteiger partial charge in [-0.05, 0) is 36.9 Å². The molecule has 0 radical (unpaired) electrons. The fourth-order valence-corrected chi connectivity index (χ4v) is 4.78. The Morgan fingerprint density at radius 1 is 1.34 bits per heavy atom. The van der Waals surface area contributed by atoms with Crippen molar-refractivity contribution in [3.8, 4) is 17.0 Å². The molecule has 4 N–H and O–H groups in total. The average Bonchev–Trinajstić information content (AvgIpc) is 3.21. The highest BCUT2D eigenvalue weighted by atomic mass is 19.1. The number of carbonyl (C=O) groups excluding carboxylic acids is 1. The van der Waals surface area contributed by atoms with E-state index < -0.39 is 18.0 Å². The van der Waals surface area contributed by atoms with Crippen LogP contribution in [0.3, 0.4) is 0 Å². The first kappa shape index (κ1) is 22.6. The van der Waals surface area contributed by atoms with Crippen LogP contribution in [0.2, 0.25) is 0 Å². The summed E-state index contributed by atoms with van der Waals surface area (Å²) < 4.78 is 21.0. The number of benzene rings is 1. The molecule has 10 nitrogen and oxygen atoms in total. The van der Waals surface area contributed by atoms with Crippen molar-refractivity contribution in [2.45, 2.75) is 26.3 Å². The largest absolute Gasteiger partial charge is 0.474 e. The Kier molecular flexibility index (Phi) is 5.54. The van der Waals surface area contributed by atoms with Crippen molar-refractivity contribution in [1.29, 1.82) is 0 Å². The lowest BCUT2D eigenvalue weighted by Gasteiger charge is -2.25. The van der Waals surface area contributed by atoms with Gasteiger partial charge in [0.15, 0.2) is 5.82 Å². The van der Waals surface area contributed by atoms with Gasteiger partial charge >= 0.3 is 6.09 Å². The van der Waals surface area contributed by atoms with Crippen molar-refractivity contribution in [1.82, 2.24) is 14.9 Å². The highest BCUT2D eigenvalue weighted by Gasteiger charge is 2.36. The van der Waals surface area contributed by atoms with Crippen molar-refractivity contribution < 1.29 is 23.8 Å². The monoisotopic (exact) mass is 480 g/mol. The van der Waals surface area contributed by atoms with Crippen LogP contribution in [-0.4, -0.2) is 64.3 Å². The molecule has 2 aliphatic heterocycles. The van der Waals surface area contributed by atoms with Crippen molar-refractivity contribution in [2.75, 3.05) is 42.2 Å². The Labute approximate surface area is 200 Å². The summed E-state index contributed by atoms with van der Waals surface area (Å²) in [5.74, 6) is -0.106. The molecule has 0 saturated carbocycles. The smallest absolute Gasteiger partial charge is 0.413 e. The van der Waals surface area contributed by atoms with Crippen LogP contribution < -0.4 is 20.7 Å². The summed E-state index contributed by atoms with van der Waals surface area (Å²) in [5, 5.41) is 14.1. The Morgan fingerprint density at radius 3 is 2.86 bits per heavy atom. The molecule has 5 rings (SSSR count). The molecule has 1 atom stereocenters. The van der Waals surface area contributed by atoms with Crippen LogP contribution >= 0.6 is 0 Å². The van der Waals surface area contributed by atoms with Crippen LogP contribution in [0.15, 0.2) is 24.5 Å². The third-order valence-corrected chi connectivity index (χ3v) is 6.61. The molecule has 1 saturated heterocycles. The lowest BCUT2D eigenvalue weighted by molar-refractivity contribution is -0.127. The summed E-state index contributed by atoms with van der Waals surface area (Å²) in [5.41, 5.74) is 8.30. The number of carbonyl (C=O) groups is 2. The van der Waals surface area contributed by atoms with Gasteiger partial charge in [0.2, 0.25) is 11.8 Å². The second-order valence-electron chi connectivity index (χ2n) is 8.61. The van der Waals surface area contributed by atoms with Crippen molar-refractivity contribution in [3.05, 3.63) is 35.9 Å². The van der Waals surface area contributed by atoms with Gasteiger partial charge in [-0.1, -0.05) is 0 Å². The number of ether oxygens (including phenoxy) is 1. The topological polar surface area (TPSA) is 134 Å². The average molecular weight is 481 g/mol. The number of likely N-dealkylation sites (tertiary alicyclic amines) is 1. The molecule has 0 spiro atoms. The Hall–Kier alpha value is -4.15. The van der Waals surface area contributed by atoms with E-state index in [9.17, 15) is 14.7 Å². The second-order valence-corrected chi connectivity index (χ2v) is 8.61. The number of fused-ring (bicyclic) bond motifs is 2. The fourth-order valence-electron chi connectivity index (χ4n) is 4.78. The predicted octanol–water partition coefficient (Wildman–Crippen LogP) is 3.24. The van der Waals surface area contributed by atoms with E-state index in [-0.39, 0.29) is 35.9 Å². The highest BCUT2D eigenvalue weighted by molar-refractivity contribution is 6.00. The van der Waals surface area contributed by atoms with E-state index in [2.05, 4.69) is 15.3 Å². The number of nitrogens with zero attached hydrogens (tertiary/aromatic N) is 4. The minimum Gasteiger partial charge on any atom is -0.474 e. The number of likely N-dealkylation sites (N-methyl/N-ethyl adjacent to an activating group) is 1. The number of aromatic nitrogens is 2. The standard InChI is InChI=1S/C24H25FN6O4/c1-3-30-11-14(8-19(30)32)31(24(33)34)18-7-13-6-15(20(25)21(26)17(13)10-28-18)16-9-29-23-22(12(16)2)27-4-5-35-23/h6-7,9-10,14,27H,3-5,8,11,26H2,1-2H3,(H,33,34). The molecule has 1 aromatic carbocycles. The molecule has 1 fully saturated rings. The van der Waals surface area contributed by atoms with Crippen molar-refractivity contribution in [2.24, 2.45) is 0 Å². The maximum absolute atomic E-state index is 15.4. The zero-order valence-corrected chi connectivity index (χ0v) is 19.3. The van der Waals surface area contributed by atoms with Crippen molar-refractivity contribution in [3.63, 3.8) is 0 Å². The van der Waals surface area contributed by atoms with Gasteiger partial charge in [-0.15, -0.1) is 0 Å². The molecule has 0 aliphatic carbocycles. The summed E-state index contributed by atoms with van der Waals surface area (Å²) in [4.78, 5) is 35.7. The molecule has 0 bridgehead atoms. The third kappa shape index (κ3) is 3.72. The fraction of sp³-hybridized carbons (Fsp3) is 0.333. The van der Waals surface area contributed by atoms with E-state index in [1.165, 1.54) is 6.20 Å². The first-order chi connectivity index (χ1) is 16.8. The van der Waals surface area contributed by atoms with Crippen molar-refractivity contribution >= 4 is 40.0 Å². The first-order valence-electron chi connectivity index (χ1n) is 11.3. The molecule has 2 aromatic heterocycles. The second kappa shape index (κ2) is 8.57. The van der Waals surface area contributed by atoms with Crippen LogP contribution in [-0.2, 0) is 4.79 Å². The maximum atomic E-state index is 15.4. The van der Waals surface area contributed by atoms with Crippen LogP contribution in [0.5, 0.6) is 5.88 Å². The normalized spacial score (nSPS) is 17.2. The molecule has 35 heavy (non-hydrogen) atoms. The van der Waals surface area contributed by atoms with Crippen LogP contribution in [0.1, 0.15) is 18.9 Å². The molecule has 1 unspecified atom stereocenters. The lowest BCUT2D eigenvalue weighted by atomic mass is 9.97. The number of hydrogen-bond donors (Lipinski definition) is 3. The Morgan fingerprint density at radius 2 is 2.14 bits per heavy atom. The van der Waals surface area contributed by atoms with Crippen LogP contribution in [0.4, 0.5) is 26.4 Å². The molecule has 4 heterocycles. The number of nitrogens with one attached hydrogen (secondary N) is 1. The van der Waals surface area contributed by atoms with E-state index in [1.807, 2.05) is 13.8 Å². The minimum atomic E-state index is -1.22.